The molecule has 1 fully saturated rings. The maximum absolute atomic E-state index is 13.3. The van der Waals surface area contributed by atoms with Crippen molar-refractivity contribution in [2.75, 3.05) is 18.8 Å². The summed E-state index contributed by atoms with van der Waals surface area (Å²) < 4.78 is 91.7. The quantitative estimate of drug-likeness (QED) is 0.745. The van der Waals surface area contributed by atoms with Gasteiger partial charge in [-0.05, 0) is 24.1 Å². The highest BCUT2D eigenvalue weighted by atomic mass is 32.2. The Hall–Kier alpha value is -1.91. The highest BCUT2D eigenvalue weighted by molar-refractivity contribution is 7.92. The van der Waals surface area contributed by atoms with Crippen LogP contribution in [0.2, 0.25) is 0 Å². The summed E-state index contributed by atoms with van der Waals surface area (Å²) in [6.45, 7) is -0.576. The van der Waals surface area contributed by atoms with Gasteiger partial charge in [-0.1, -0.05) is 42.5 Å². The van der Waals surface area contributed by atoms with Crippen molar-refractivity contribution >= 4 is 19.9 Å². The van der Waals surface area contributed by atoms with Crippen LogP contribution in [0.15, 0.2) is 59.5 Å². The molecule has 0 amide bonds. The highest BCUT2D eigenvalue weighted by Gasteiger charge is 2.41. The zero-order valence-electron chi connectivity index (χ0n) is 14.6. The molecule has 0 bridgehead atoms. The van der Waals surface area contributed by atoms with E-state index in [2.05, 4.69) is 0 Å². The van der Waals surface area contributed by atoms with Crippen LogP contribution in [-0.2, 0) is 26.0 Å². The van der Waals surface area contributed by atoms with E-state index in [9.17, 15) is 30.0 Å². The number of rotatable bonds is 3. The monoisotopic (exact) mass is 433 g/mol. The second kappa shape index (κ2) is 7.49. The highest BCUT2D eigenvalue weighted by Crippen LogP contribution is 2.36. The lowest BCUT2D eigenvalue weighted by molar-refractivity contribution is -0.139. The number of alkyl halides is 3. The van der Waals surface area contributed by atoms with Gasteiger partial charge in [0, 0.05) is 13.1 Å². The average Bonchev–Trinajstić information content (AvgIpc) is 2.80. The minimum atomic E-state index is -4.84. The van der Waals surface area contributed by atoms with E-state index in [1.54, 1.807) is 30.3 Å². The van der Waals surface area contributed by atoms with Gasteiger partial charge < -0.3 is 0 Å². The van der Waals surface area contributed by atoms with E-state index in [0.717, 1.165) is 16.4 Å². The molecular formula is C18H18F3NO4S2. The number of nitrogens with zero attached hydrogens (tertiary/aromatic N) is 1. The van der Waals surface area contributed by atoms with E-state index >= 15 is 0 Å². The molecule has 0 radical (unpaired) electrons. The lowest BCUT2D eigenvalue weighted by Gasteiger charge is -2.22. The summed E-state index contributed by atoms with van der Waals surface area (Å²) in [4.78, 5) is -0.863. The van der Waals surface area contributed by atoms with Gasteiger partial charge in [-0.3, -0.25) is 0 Å². The zero-order valence-corrected chi connectivity index (χ0v) is 16.3. The van der Waals surface area contributed by atoms with Crippen molar-refractivity contribution in [3.8, 4) is 0 Å². The summed E-state index contributed by atoms with van der Waals surface area (Å²) in [5.74, 6) is -0.458. The van der Waals surface area contributed by atoms with E-state index in [0.29, 0.717) is 11.6 Å². The Kier molecular flexibility index (Phi) is 5.57. The van der Waals surface area contributed by atoms with Crippen molar-refractivity contribution in [3.05, 3.63) is 65.7 Å². The third kappa shape index (κ3) is 4.08. The summed E-state index contributed by atoms with van der Waals surface area (Å²) in [5.41, 5.74) is -0.723. The Morgan fingerprint density at radius 2 is 1.54 bits per heavy atom. The third-order valence-electron chi connectivity index (χ3n) is 4.68. The van der Waals surface area contributed by atoms with Crippen LogP contribution < -0.4 is 0 Å². The molecule has 28 heavy (non-hydrogen) atoms. The van der Waals surface area contributed by atoms with Gasteiger partial charge >= 0.3 is 6.18 Å². The molecule has 10 heteroatoms. The maximum atomic E-state index is 13.3. The predicted molar refractivity (Wildman–Crippen MR) is 97.8 cm³/mol. The van der Waals surface area contributed by atoms with Crippen molar-refractivity contribution in [1.82, 2.24) is 4.31 Å². The van der Waals surface area contributed by atoms with Gasteiger partial charge in [-0.2, -0.15) is 17.5 Å². The SMILES string of the molecule is O=S1(=O)CCN(S(=O)(=O)c2ccccc2C(F)(F)F)CCC1c1ccccc1. The fourth-order valence-corrected chi connectivity index (χ4v) is 6.85. The topological polar surface area (TPSA) is 71.5 Å². The largest absolute Gasteiger partial charge is 0.417 e. The summed E-state index contributed by atoms with van der Waals surface area (Å²) in [5, 5.41) is -0.897. The van der Waals surface area contributed by atoms with Crippen LogP contribution in [0.5, 0.6) is 0 Å². The predicted octanol–water partition coefficient (Wildman–Crippen LogP) is 3.26. The Labute approximate surface area is 161 Å². The molecule has 1 unspecified atom stereocenters. The van der Waals surface area contributed by atoms with Crippen molar-refractivity contribution < 1.29 is 30.0 Å². The van der Waals surface area contributed by atoms with E-state index in [-0.39, 0.29) is 19.5 Å². The lowest BCUT2D eigenvalue weighted by atomic mass is 10.1. The number of benzene rings is 2. The molecule has 152 valence electrons. The first-order valence-corrected chi connectivity index (χ1v) is 11.6. The van der Waals surface area contributed by atoms with Gasteiger partial charge in [0.25, 0.3) is 0 Å². The minimum Gasteiger partial charge on any atom is -0.228 e. The van der Waals surface area contributed by atoms with Gasteiger partial charge in [0.1, 0.15) is 0 Å². The van der Waals surface area contributed by atoms with Gasteiger partial charge in [0.2, 0.25) is 10.0 Å². The molecule has 5 nitrogen and oxygen atoms in total. The molecule has 0 N–H and O–H groups in total. The molecule has 1 aliphatic heterocycles. The molecule has 0 aromatic heterocycles. The van der Waals surface area contributed by atoms with E-state index < -0.39 is 47.5 Å². The molecule has 3 rings (SSSR count). The summed E-state index contributed by atoms with van der Waals surface area (Å²) >= 11 is 0. The first kappa shape index (κ1) is 20.8. The second-order valence-electron chi connectivity index (χ2n) is 6.45. The molecule has 0 spiro atoms. The Balaban J connectivity index is 1.96. The van der Waals surface area contributed by atoms with Gasteiger partial charge in [0.05, 0.1) is 21.5 Å². The number of sulfone groups is 1. The molecule has 1 heterocycles. The molecular weight excluding hydrogens is 415 g/mol. The number of halogens is 3. The van der Waals surface area contributed by atoms with Crippen molar-refractivity contribution in [1.29, 1.82) is 0 Å². The molecule has 1 aliphatic rings. The maximum Gasteiger partial charge on any atom is 0.417 e. The second-order valence-corrected chi connectivity index (χ2v) is 10.7. The van der Waals surface area contributed by atoms with Crippen LogP contribution in [0.4, 0.5) is 13.2 Å². The summed E-state index contributed by atoms with van der Waals surface area (Å²) in [7, 11) is -8.16. The Morgan fingerprint density at radius 1 is 0.929 bits per heavy atom. The van der Waals surface area contributed by atoms with Crippen LogP contribution >= 0.6 is 0 Å². The normalized spacial score (nSPS) is 21.2. The first-order chi connectivity index (χ1) is 13.0. The molecule has 0 saturated carbocycles. The molecule has 0 aliphatic carbocycles. The standard InChI is InChI=1S/C18H18F3NO4S2/c19-18(20,21)15-8-4-5-9-17(15)28(25,26)22-11-10-16(27(23,24)13-12-22)14-6-2-1-3-7-14/h1-9,16H,10-13H2. The average molecular weight is 433 g/mol. The van der Waals surface area contributed by atoms with Gasteiger partial charge in [0.15, 0.2) is 9.84 Å². The van der Waals surface area contributed by atoms with Crippen molar-refractivity contribution in [2.24, 2.45) is 0 Å². The van der Waals surface area contributed by atoms with Crippen LogP contribution in [0.1, 0.15) is 22.8 Å². The van der Waals surface area contributed by atoms with Gasteiger partial charge in [-0.15, -0.1) is 0 Å². The van der Waals surface area contributed by atoms with Crippen LogP contribution in [0, 0.1) is 0 Å². The number of sulfonamides is 1. The smallest absolute Gasteiger partial charge is 0.228 e. The van der Waals surface area contributed by atoms with Crippen molar-refractivity contribution in [2.45, 2.75) is 22.7 Å². The molecule has 2 aromatic carbocycles. The fraction of sp³-hybridized carbons (Fsp3) is 0.333. The van der Waals surface area contributed by atoms with Crippen LogP contribution in [0.25, 0.3) is 0 Å². The van der Waals surface area contributed by atoms with E-state index in [1.807, 2.05) is 0 Å². The Bertz CT molecular complexity index is 1050. The number of hydrogen-bond donors (Lipinski definition) is 0. The lowest BCUT2D eigenvalue weighted by Crippen LogP contribution is -2.34. The van der Waals surface area contributed by atoms with Crippen LogP contribution in [-0.4, -0.2) is 40.0 Å². The summed E-state index contributed by atoms with van der Waals surface area (Å²) in [6.07, 6.45) is -4.87. The Morgan fingerprint density at radius 3 is 2.18 bits per heavy atom. The zero-order chi connectivity index (χ0) is 20.6. The first-order valence-electron chi connectivity index (χ1n) is 8.46. The van der Waals surface area contributed by atoms with E-state index in [4.69, 9.17) is 0 Å². The third-order valence-corrected chi connectivity index (χ3v) is 8.76. The van der Waals surface area contributed by atoms with E-state index in [1.165, 1.54) is 6.07 Å². The molecule has 2 aromatic rings. The minimum absolute atomic E-state index is 0.0280. The molecule has 1 atom stereocenters. The summed E-state index contributed by atoms with van der Waals surface area (Å²) in [6, 6.07) is 12.3. The number of hydrogen-bond acceptors (Lipinski definition) is 4. The fourth-order valence-electron chi connectivity index (χ4n) is 3.27. The van der Waals surface area contributed by atoms with Crippen LogP contribution in [0.3, 0.4) is 0 Å². The molecule has 1 saturated heterocycles. The van der Waals surface area contributed by atoms with Crippen molar-refractivity contribution in [3.63, 3.8) is 0 Å². The van der Waals surface area contributed by atoms with Gasteiger partial charge in [-0.25, -0.2) is 16.8 Å².